The summed E-state index contributed by atoms with van der Waals surface area (Å²) in [6.45, 7) is 1.97. The SMILES string of the molecule is Cc1c(C(=O)Nc2cnc(-c3ccccc3)nc2)sc2ccccc12. The van der Waals surface area contributed by atoms with Crippen LogP contribution in [0, 0.1) is 6.92 Å². The van der Waals surface area contributed by atoms with Gasteiger partial charge in [-0.05, 0) is 23.9 Å². The first-order chi connectivity index (χ1) is 12.2. The van der Waals surface area contributed by atoms with Gasteiger partial charge in [-0.15, -0.1) is 11.3 Å². The molecule has 0 atom stereocenters. The highest BCUT2D eigenvalue weighted by Crippen LogP contribution is 2.31. The van der Waals surface area contributed by atoms with Gasteiger partial charge in [0.1, 0.15) is 0 Å². The van der Waals surface area contributed by atoms with Crippen molar-refractivity contribution in [2.24, 2.45) is 0 Å². The molecule has 0 spiro atoms. The van der Waals surface area contributed by atoms with Crippen LogP contribution < -0.4 is 5.32 Å². The van der Waals surface area contributed by atoms with Gasteiger partial charge in [-0.2, -0.15) is 0 Å². The topological polar surface area (TPSA) is 54.9 Å². The largest absolute Gasteiger partial charge is 0.319 e. The minimum atomic E-state index is -0.130. The molecular weight excluding hydrogens is 330 g/mol. The van der Waals surface area contributed by atoms with Gasteiger partial charge in [0.05, 0.1) is 23.0 Å². The zero-order chi connectivity index (χ0) is 17.2. The molecule has 25 heavy (non-hydrogen) atoms. The third-order valence-electron chi connectivity index (χ3n) is 3.99. The van der Waals surface area contributed by atoms with Gasteiger partial charge in [0.15, 0.2) is 5.82 Å². The van der Waals surface area contributed by atoms with Crippen molar-refractivity contribution in [1.29, 1.82) is 0 Å². The number of carbonyl (C=O) groups excluding carboxylic acids is 1. The zero-order valence-electron chi connectivity index (χ0n) is 13.6. The highest BCUT2D eigenvalue weighted by atomic mass is 32.1. The Balaban J connectivity index is 1.57. The van der Waals surface area contributed by atoms with Gasteiger partial charge >= 0.3 is 0 Å². The van der Waals surface area contributed by atoms with Gasteiger partial charge in [0.25, 0.3) is 5.91 Å². The van der Waals surface area contributed by atoms with E-state index in [4.69, 9.17) is 0 Å². The Kier molecular flexibility index (Phi) is 3.99. The lowest BCUT2D eigenvalue weighted by Crippen LogP contribution is -2.12. The molecule has 4 nitrogen and oxygen atoms in total. The van der Waals surface area contributed by atoms with Crippen LogP contribution in [0.1, 0.15) is 15.2 Å². The predicted molar refractivity (Wildman–Crippen MR) is 102 cm³/mol. The molecule has 2 heterocycles. The summed E-state index contributed by atoms with van der Waals surface area (Å²) in [4.78, 5) is 22.0. The molecule has 0 aliphatic rings. The monoisotopic (exact) mass is 345 g/mol. The van der Waals surface area contributed by atoms with Crippen LogP contribution in [-0.4, -0.2) is 15.9 Å². The maximum Gasteiger partial charge on any atom is 0.266 e. The number of aryl methyl sites for hydroxylation is 1. The van der Waals surface area contributed by atoms with Crippen molar-refractivity contribution in [3.05, 3.63) is 77.4 Å². The Morgan fingerprint density at radius 1 is 0.960 bits per heavy atom. The molecule has 2 aromatic heterocycles. The molecule has 122 valence electrons. The second-order valence-electron chi connectivity index (χ2n) is 5.67. The predicted octanol–water partition coefficient (Wildman–Crippen LogP) is 4.92. The Labute approximate surface area is 149 Å². The highest BCUT2D eigenvalue weighted by molar-refractivity contribution is 7.21. The van der Waals surface area contributed by atoms with Crippen LogP contribution in [0.15, 0.2) is 67.0 Å². The van der Waals surface area contributed by atoms with Crippen molar-refractivity contribution in [1.82, 2.24) is 9.97 Å². The molecule has 4 aromatic rings. The molecule has 0 fully saturated rings. The number of hydrogen-bond donors (Lipinski definition) is 1. The maximum atomic E-state index is 12.6. The van der Waals surface area contributed by atoms with Crippen LogP contribution >= 0.6 is 11.3 Å². The lowest BCUT2D eigenvalue weighted by atomic mass is 10.1. The molecular formula is C20H15N3OS. The number of carbonyl (C=O) groups is 1. The molecule has 0 aliphatic carbocycles. The summed E-state index contributed by atoms with van der Waals surface area (Å²) in [7, 11) is 0. The Morgan fingerprint density at radius 3 is 2.36 bits per heavy atom. The summed E-state index contributed by atoms with van der Waals surface area (Å²) in [5, 5.41) is 4.00. The smallest absolute Gasteiger partial charge is 0.266 e. The van der Waals surface area contributed by atoms with Gasteiger partial charge in [-0.3, -0.25) is 4.79 Å². The second kappa shape index (κ2) is 6.45. The van der Waals surface area contributed by atoms with Crippen molar-refractivity contribution in [3.63, 3.8) is 0 Å². The number of nitrogens with one attached hydrogen (secondary N) is 1. The highest BCUT2D eigenvalue weighted by Gasteiger charge is 2.15. The van der Waals surface area contributed by atoms with Crippen molar-refractivity contribution < 1.29 is 4.79 Å². The summed E-state index contributed by atoms with van der Waals surface area (Å²) < 4.78 is 1.11. The maximum absolute atomic E-state index is 12.6. The van der Waals surface area contributed by atoms with E-state index in [1.807, 2.05) is 61.5 Å². The van der Waals surface area contributed by atoms with Gasteiger partial charge in [0.2, 0.25) is 0 Å². The fourth-order valence-corrected chi connectivity index (χ4v) is 3.81. The Morgan fingerprint density at radius 2 is 1.64 bits per heavy atom. The molecule has 0 aliphatic heterocycles. The normalized spacial score (nSPS) is 10.8. The number of aromatic nitrogens is 2. The number of fused-ring (bicyclic) bond motifs is 1. The van der Waals surface area contributed by atoms with E-state index in [1.54, 1.807) is 12.4 Å². The number of thiophene rings is 1. The lowest BCUT2D eigenvalue weighted by Gasteiger charge is -2.05. The summed E-state index contributed by atoms with van der Waals surface area (Å²) in [5.41, 5.74) is 2.53. The van der Waals surface area contributed by atoms with E-state index in [-0.39, 0.29) is 5.91 Å². The van der Waals surface area contributed by atoms with Crippen molar-refractivity contribution >= 4 is 33.0 Å². The Hall–Kier alpha value is -3.05. The molecule has 1 N–H and O–H groups in total. The number of benzene rings is 2. The van der Waals surface area contributed by atoms with Gasteiger partial charge < -0.3 is 5.32 Å². The van der Waals surface area contributed by atoms with E-state index in [2.05, 4.69) is 15.3 Å². The average molecular weight is 345 g/mol. The van der Waals surface area contributed by atoms with Crippen LogP contribution in [0.4, 0.5) is 5.69 Å². The molecule has 5 heteroatoms. The standard InChI is InChI=1S/C20H15N3OS/c1-13-16-9-5-6-10-17(16)25-18(13)20(24)23-15-11-21-19(22-12-15)14-7-3-2-4-8-14/h2-12H,1H3,(H,23,24). The van der Waals surface area contributed by atoms with Gasteiger partial charge in [-0.1, -0.05) is 48.5 Å². The third-order valence-corrected chi connectivity index (χ3v) is 5.26. The van der Waals surface area contributed by atoms with Crippen LogP contribution in [0.3, 0.4) is 0 Å². The molecule has 4 rings (SSSR count). The van der Waals surface area contributed by atoms with Crippen molar-refractivity contribution in [2.75, 3.05) is 5.32 Å². The van der Waals surface area contributed by atoms with Crippen LogP contribution in [0.25, 0.3) is 21.5 Å². The van der Waals surface area contributed by atoms with E-state index >= 15 is 0 Å². The number of rotatable bonds is 3. The summed E-state index contributed by atoms with van der Waals surface area (Å²) in [6.07, 6.45) is 3.27. The third kappa shape index (κ3) is 3.02. The van der Waals surface area contributed by atoms with Crippen molar-refractivity contribution in [2.45, 2.75) is 6.92 Å². The van der Waals surface area contributed by atoms with Crippen LogP contribution in [0.5, 0.6) is 0 Å². The quantitative estimate of drug-likeness (QED) is 0.573. The molecule has 1 amide bonds. The first-order valence-electron chi connectivity index (χ1n) is 7.89. The van der Waals surface area contributed by atoms with Crippen LogP contribution in [0.2, 0.25) is 0 Å². The number of hydrogen-bond acceptors (Lipinski definition) is 4. The first-order valence-corrected chi connectivity index (χ1v) is 8.71. The Bertz CT molecular complexity index is 1040. The zero-order valence-corrected chi connectivity index (χ0v) is 14.4. The molecule has 0 bridgehead atoms. The lowest BCUT2D eigenvalue weighted by molar-refractivity contribution is 0.103. The molecule has 0 unspecified atom stereocenters. The number of nitrogens with zero attached hydrogens (tertiary/aromatic N) is 2. The van der Waals surface area contributed by atoms with Gasteiger partial charge in [0, 0.05) is 10.3 Å². The number of anilines is 1. The average Bonchev–Trinajstić information content (AvgIpc) is 3.00. The van der Waals surface area contributed by atoms with E-state index in [1.165, 1.54) is 11.3 Å². The van der Waals surface area contributed by atoms with E-state index in [0.717, 1.165) is 21.2 Å². The van der Waals surface area contributed by atoms with E-state index in [9.17, 15) is 4.79 Å². The summed E-state index contributed by atoms with van der Waals surface area (Å²) in [6, 6.07) is 17.8. The van der Waals surface area contributed by atoms with E-state index < -0.39 is 0 Å². The first kappa shape index (κ1) is 15.5. The fraction of sp³-hybridized carbons (Fsp3) is 0.0500. The van der Waals surface area contributed by atoms with Crippen molar-refractivity contribution in [3.8, 4) is 11.4 Å². The molecule has 0 saturated carbocycles. The summed E-state index contributed by atoms with van der Waals surface area (Å²) >= 11 is 1.50. The summed E-state index contributed by atoms with van der Waals surface area (Å²) in [5.74, 6) is 0.506. The fourth-order valence-electron chi connectivity index (χ4n) is 2.71. The molecule has 0 radical (unpaired) electrons. The van der Waals surface area contributed by atoms with Gasteiger partial charge in [-0.25, -0.2) is 9.97 Å². The molecule has 0 saturated heterocycles. The van der Waals surface area contributed by atoms with E-state index in [0.29, 0.717) is 16.4 Å². The molecule has 2 aromatic carbocycles. The minimum absolute atomic E-state index is 0.130. The second-order valence-corrected chi connectivity index (χ2v) is 6.72. The number of amides is 1. The van der Waals surface area contributed by atoms with Crippen LogP contribution in [-0.2, 0) is 0 Å². The minimum Gasteiger partial charge on any atom is -0.319 e.